The Morgan fingerprint density at radius 2 is 1.69 bits per heavy atom. The van der Waals surface area contributed by atoms with Gasteiger partial charge in [0.2, 0.25) is 5.91 Å². The monoisotopic (exact) mass is 455 g/mol. The summed E-state index contributed by atoms with van der Waals surface area (Å²) in [7, 11) is 0. The van der Waals surface area contributed by atoms with E-state index in [2.05, 4.69) is 18.1 Å². The van der Waals surface area contributed by atoms with Gasteiger partial charge in [-0.05, 0) is 42.8 Å². The van der Waals surface area contributed by atoms with Crippen molar-refractivity contribution < 1.29 is 19.1 Å². The number of nitrogens with zero attached hydrogens (tertiary/aromatic N) is 1. The molecule has 0 unspecified atom stereocenters. The Labute approximate surface area is 183 Å². The zero-order chi connectivity index (χ0) is 21.6. The number of carbonyl (C=O) groups is 3. The summed E-state index contributed by atoms with van der Waals surface area (Å²) < 4.78 is 6.44. The molecule has 0 heterocycles. The third kappa shape index (κ3) is 6.03. The molecular formula is C19H19Cl2N3O4S. The maximum atomic E-state index is 12.4. The molecule has 0 radical (unpaired) electrons. The molecule has 2 aromatic carbocycles. The molecule has 0 aliphatic heterocycles. The van der Waals surface area contributed by atoms with Crippen molar-refractivity contribution in [2.75, 3.05) is 10.9 Å². The molecule has 0 fully saturated rings. The average molecular weight is 456 g/mol. The quantitative estimate of drug-likeness (QED) is 0.423. The van der Waals surface area contributed by atoms with Gasteiger partial charge >= 0.3 is 6.03 Å². The predicted octanol–water partition coefficient (Wildman–Crippen LogP) is 4.47. The van der Waals surface area contributed by atoms with E-state index in [1.54, 1.807) is 0 Å². The highest BCUT2D eigenvalue weighted by molar-refractivity contribution is 7.82. The van der Waals surface area contributed by atoms with Crippen LogP contribution in [0.4, 0.5) is 10.5 Å². The molecule has 0 bridgehead atoms. The Kier molecular flexibility index (Phi) is 8.19. The third-order valence-corrected chi connectivity index (χ3v) is 4.79. The first-order chi connectivity index (χ1) is 13.7. The van der Waals surface area contributed by atoms with Crippen LogP contribution < -0.4 is 20.1 Å². The second kappa shape index (κ2) is 10.4. The van der Waals surface area contributed by atoms with Gasteiger partial charge in [-0.2, -0.15) is 0 Å². The van der Waals surface area contributed by atoms with Gasteiger partial charge in [0.05, 0.1) is 22.3 Å². The molecule has 0 atom stereocenters. The number of hydrogen-bond acceptors (Lipinski definition) is 5. The van der Waals surface area contributed by atoms with E-state index < -0.39 is 17.8 Å². The number of ether oxygens (including phenoxy) is 1. The Bertz CT molecular complexity index is 899. The number of nitrogens with two attached hydrogens (primary N) is 1. The first-order valence-electron chi connectivity index (χ1n) is 8.60. The smallest absolute Gasteiger partial charge is 0.338 e. The first-order valence-corrected chi connectivity index (χ1v) is 9.76. The molecule has 154 valence electrons. The van der Waals surface area contributed by atoms with Gasteiger partial charge in [0.1, 0.15) is 0 Å². The molecule has 2 rings (SSSR count). The fourth-order valence-electron chi connectivity index (χ4n) is 2.25. The van der Waals surface area contributed by atoms with E-state index in [4.69, 9.17) is 33.7 Å². The van der Waals surface area contributed by atoms with Crippen LogP contribution in [0.15, 0.2) is 36.4 Å². The molecule has 29 heavy (non-hydrogen) atoms. The second-order valence-corrected chi connectivity index (χ2v) is 7.17. The number of benzene rings is 2. The van der Waals surface area contributed by atoms with Crippen LogP contribution in [-0.4, -0.2) is 24.5 Å². The normalized spacial score (nSPS) is 10.3. The lowest BCUT2D eigenvalue weighted by Gasteiger charge is -2.16. The predicted molar refractivity (Wildman–Crippen MR) is 116 cm³/mol. The Hall–Kier alpha value is -2.42. The number of amides is 4. The van der Waals surface area contributed by atoms with Gasteiger partial charge in [0.25, 0.3) is 5.91 Å². The van der Waals surface area contributed by atoms with Gasteiger partial charge in [0, 0.05) is 11.1 Å². The van der Waals surface area contributed by atoms with Gasteiger partial charge in [-0.1, -0.05) is 49.4 Å². The highest BCUT2D eigenvalue weighted by atomic mass is 35.5. The van der Waals surface area contributed by atoms with Crippen molar-refractivity contribution in [3.63, 3.8) is 0 Å². The number of anilines is 1. The van der Waals surface area contributed by atoms with Crippen LogP contribution in [0.1, 0.15) is 40.5 Å². The zero-order valence-corrected chi connectivity index (χ0v) is 17.9. The minimum atomic E-state index is -0.805. The summed E-state index contributed by atoms with van der Waals surface area (Å²) in [6, 6.07) is 7.73. The number of imide groups is 1. The molecule has 0 aromatic heterocycles. The van der Waals surface area contributed by atoms with Crippen molar-refractivity contribution in [3.8, 4) is 5.75 Å². The molecule has 0 aliphatic rings. The van der Waals surface area contributed by atoms with E-state index in [1.165, 1.54) is 36.4 Å². The van der Waals surface area contributed by atoms with Crippen molar-refractivity contribution in [1.29, 1.82) is 0 Å². The Morgan fingerprint density at radius 1 is 1.10 bits per heavy atom. The molecule has 0 saturated carbocycles. The van der Waals surface area contributed by atoms with E-state index in [1.807, 2.05) is 6.92 Å². The molecule has 3 N–H and O–H groups in total. The van der Waals surface area contributed by atoms with Gasteiger partial charge in [-0.15, -0.1) is 0 Å². The van der Waals surface area contributed by atoms with E-state index in [-0.39, 0.29) is 26.9 Å². The zero-order valence-electron chi connectivity index (χ0n) is 15.4. The van der Waals surface area contributed by atoms with Crippen LogP contribution in [0.3, 0.4) is 0 Å². The lowest BCUT2D eigenvalue weighted by molar-refractivity contribution is 0.0964. The molecule has 7 nitrogen and oxygen atoms in total. The van der Waals surface area contributed by atoms with Crippen LogP contribution >= 0.6 is 36.0 Å². The number of hydrogen-bond donors (Lipinski definition) is 3. The van der Waals surface area contributed by atoms with Crippen LogP contribution in [0.5, 0.6) is 5.75 Å². The molecule has 0 aliphatic carbocycles. The minimum Gasteiger partial charge on any atom is -0.490 e. The highest BCUT2D eigenvalue weighted by Crippen LogP contribution is 2.34. The van der Waals surface area contributed by atoms with E-state index in [0.717, 1.165) is 17.1 Å². The minimum absolute atomic E-state index is 0.0852. The SMILES string of the molecule is CCCCOc1c(Cl)cc(C(=O)NC(=O)N(S)c2ccc(C(N)=O)cc2)cc1Cl. The van der Waals surface area contributed by atoms with Crippen molar-refractivity contribution in [2.24, 2.45) is 5.73 Å². The van der Waals surface area contributed by atoms with Crippen LogP contribution in [0.2, 0.25) is 10.0 Å². The van der Waals surface area contributed by atoms with E-state index in [9.17, 15) is 14.4 Å². The van der Waals surface area contributed by atoms with Crippen molar-refractivity contribution >= 4 is 59.5 Å². The summed E-state index contributed by atoms with van der Waals surface area (Å²) in [6.45, 7) is 2.47. The van der Waals surface area contributed by atoms with E-state index >= 15 is 0 Å². The topological polar surface area (TPSA) is 102 Å². The standard InChI is InChI=1S/C19H19Cl2N3O4S/c1-2-3-8-28-16-14(20)9-12(10-15(16)21)18(26)23-19(27)24(29)13-6-4-11(5-7-13)17(22)25/h4-7,9-10,29H,2-3,8H2,1H3,(H2,22,25)(H,23,26,27). The molecule has 4 amide bonds. The highest BCUT2D eigenvalue weighted by Gasteiger charge is 2.19. The average Bonchev–Trinajstić information content (AvgIpc) is 2.69. The Morgan fingerprint density at radius 3 is 2.21 bits per heavy atom. The summed E-state index contributed by atoms with van der Waals surface area (Å²) in [4.78, 5) is 35.8. The van der Waals surface area contributed by atoms with Crippen molar-refractivity contribution in [3.05, 3.63) is 57.6 Å². The fraction of sp³-hybridized carbons (Fsp3) is 0.211. The van der Waals surface area contributed by atoms with Crippen molar-refractivity contribution in [2.45, 2.75) is 19.8 Å². The number of thiol groups is 1. The van der Waals surface area contributed by atoms with Crippen LogP contribution in [-0.2, 0) is 0 Å². The van der Waals surface area contributed by atoms with Crippen molar-refractivity contribution in [1.82, 2.24) is 5.32 Å². The number of rotatable bonds is 7. The van der Waals surface area contributed by atoms with Gasteiger partial charge in [0.15, 0.2) is 5.75 Å². The number of unbranched alkanes of at least 4 members (excludes halogenated alkanes) is 1. The third-order valence-electron chi connectivity index (χ3n) is 3.81. The number of halogens is 2. The molecule has 0 spiro atoms. The number of nitrogens with one attached hydrogen (secondary N) is 1. The van der Waals surface area contributed by atoms with Crippen LogP contribution in [0, 0.1) is 0 Å². The van der Waals surface area contributed by atoms with E-state index in [0.29, 0.717) is 12.3 Å². The lowest BCUT2D eigenvalue weighted by atomic mass is 10.2. The number of carbonyl (C=O) groups excluding carboxylic acids is 3. The number of urea groups is 1. The largest absolute Gasteiger partial charge is 0.490 e. The van der Waals surface area contributed by atoms with Gasteiger partial charge in [-0.25, -0.2) is 9.10 Å². The second-order valence-electron chi connectivity index (χ2n) is 5.95. The molecule has 10 heteroatoms. The molecular weight excluding hydrogens is 437 g/mol. The number of primary amides is 1. The summed E-state index contributed by atoms with van der Waals surface area (Å²) in [5.41, 5.74) is 5.87. The fourth-order valence-corrected chi connectivity index (χ4v) is 3.03. The summed E-state index contributed by atoms with van der Waals surface area (Å²) >= 11 is 16.4. The van der Waals surface area contributed by atoms with Gasteiger partial charge in [-0.3, -0.25) is 14.9 Å². The van der Waals surface area contributed by atoms with Gasteiger partial charge < -0.3 is 10.5 Å². The first kappa shape index (κ1) is 22.9. The maximum Gasteiger partial charge on any atom is 0.338 e. The Balaban J connectivity index is 2.08. The molecule has 2 aromatic rings. The van der Waals surface area contributed by atoms with Crippen LogP contribution in [0.25, 0.3) is 0 Å². The lowest BCUT2D eigenvalue weighted by Crippen LogP contribution is -2.38. The molecule has 0 saturated heterocycles. The summed E-state index contributed by atoms with van der Waals surface area (Å²) in [5, 5.41) is 2.51. The summed E-state index contributed by atoms with van der Waals surface area (Å²) in [6.07, 6.45) is 1.78. The summed E-state index contributed by atoms with van der Waals surface area (Å²) in [5.74, 6) is -1.03. The maximum absolute atomic E-state index is 12.4.